The Morgan fingerprint density at radius 1 is 1.12 bits per heavy atom. The van der Waals surface area contributed by atoms with Crippen molar-refractivity contribution in [2.75, 3.05) is 0 Å². The molecule has 0 N–H and O–H groups in total. The molecule has 0 saturated heterocycles. The Balaban J connectivity index is 2.05. The molecule has 0 aliphatic heterocycles. The minimum Gasteiger partial charge on any atom is -0.272 e. The Morgan fingerprint density at radius 2 is 1.88 bits per heavy atom. The average molecular weight is 214 g/mol. The van der Waals surface area contributed by atoms with Crippen molar-refractivity contribution >= 4 is 0 Å². The zero-order chi connectivity index (χ0) is 11.4. The topological polar surface area (TPSA) is 17.8 Å². The van der Waals surface area contributed by atoms with Gasteiger partial charge in [0.05, 0.1) is 5.69 Å². The van der Waals surface area contributed by atoms with E-state index in [4.69, 9.17) is 0 Å². The maximum Gasteiger partial charge on any atom is 0.0668 e. The van der Waals surface area contributed by atoms with Crippen LogP contribution in [0.15, 0.2) is 36.5 Å². The molecule has 0 unspecified atom stereocenters. The fourth-order valence-corrected chi connectivity index (χ4v) is 1.77. The minimum atomic E-state index is 0.928. The van der Waals surface area contributed by atoms with Gasteiger partial charge in [-0.1, -0.05) is 36.8 Å². The summed E-state index contributed by atoms with van der Waals surface area (Å²) >= 11 is 0. The van der Waals surface area contributed by atoms with E-state index < -0.39 is 0 Å². The lowest BCUT2D eigenvalue weighted by Gasteiger charge is -1.99. The molecule has 84 valence electrons. The lowest BCUT2D eigenvalue weighted by atomic mass is 10.1. The molecule has 2 rings (SSSR count). The molecule has 2 aromatic rings. The SMILES string of the molecule is CCCn1ccc(Cc2ccc(C)cc2)n1. The van der Waals surface area contributed by atoms with Gasteiger partial charge in [0.2, 0.25) is 0 Å². The minimum absolute atomic E-state index is 0.928. The first-order valence-corrected chi connectivity index (χ1v) is 5.86. The van der Waals surface area contributed by atoms with Gasteiger partial charge in [0.25, 0.3) is 0 Å². The summed E-state index contributed by atoms with van der Waals surface area (Å²) in [4.78, 5) is 0. The summed E-state index contributed by atoms with van der Waals surface area (Å²) in [5.41, 5.74) is 3.78. The first-order valence-electron chi connectivity index (χ1n) is 5.86. The molecule has 2 nitrogen and oxygen atoms in total. The molecule has 1 heterocycles. The number of nitrogens with zero attached hydrogens (tertiary/aromatic N) is 2. The Bertz CT molecular complexity index is 440. The normalized spacial score (nSPS) is 10.6. The molecule has 1 aromatic heterocycles. The van der Waals surface area contributed by atoms with Crippen LogP contribution in [0.4, 0.5) is 0 Å². The third kappa shape index (κ3) is 2.72. The van der Waals surface area contributed by atoms with Crippen LogP contribution in [-0.2, 0) is 13.0 Å². The van der Waals surface area contributed by atoms with Gasteiger partial charge < -0.3 is 0 Å². The maximum atomic E-state index is 4.53. The summed E-state index contributed by atoms with van der Waals surface area (Å²) in [7, 11) is 0. The summed E-state index contributed by atoms with van der Waals surface area (Å²) in [5.74, 6) is 0. The van der Waals surface area contributed by atoms with Crippen LogP contribution in [0.3, 0.4) is 0 Å². The summed E-state index contributed by atoms with van der Waals surface area (Å²) in [6, 6.07) is 10.8. The zero-order valence-corrected chi connectivity index (χ0v) is 9.98. The van der Waals surface area contributed by atoms with E-state index in [9.17, 15) is 0 Å². The fourth-order valence-electron chi connectivity index (χ4n) is 1.77. The van der Waals surface area contributed by atoms with E-state index in [-0.39, 0.29) is 0 Å². The van der Waals surface area contributed by atoms with Gasteiger partial charge in [0.15, 0.2) is 0 Å². The van der Waals surface area contributed by atoms with E-state index in [1.807, 2.05) is 4.68 Å². The van der Waals surface area contributed by atoms with Crippen molar-refractivity contribution in [2.45, 2.75) is 33.2 Å². The van der Waals surface area contributed by atoms with Crippen LogP contribution in [0.25, 0.3) is 0 Å². The summed E-state index contributed by atoms with van der Waals surface area (Å²) in [6.07, 6.45) is 4.12. The molecule has 0 fully saturated rings. The molecule has 0 spiro atoms. The number of benzene rings is 1. The van der Waals surface area contributed by atoms with Crippen molar-refractivity contribution in [1.82, 2.24) is 9.78 Å². The van der Waals surface area contributed by atoms with E-state index in [0.717, 1.165) is 25.1 Å². The molecule has 2 heteroatoms. The van der Waals surface area contributed by atoms with E-state index in [0.29, 0.717) is 0 Å². The highest BCUT2D eigenvalue weighted by atomic mass is 15.3. The third-order valence-electron chi connectivity index (χ3n) is 2.65. The number of hydrogen-bond acceptors (Lipinski definition) is 1. The van der Waals surface area contributed by atoms with Crippen LogP contribution in [0, 0.1) is 6.92 Å². The van der Waals surface area contributed by atoms with Crippen LogP contribution in [0.5, 0.6) is 0 Å². The first-order chi connectivity index (χ1) is 7.78. The zero-order valence-electron chi connectivity index (χ0n) is 9.98. The predicted octanol–water partition coefficient (Wildman–Crippen LogP) is 3.19. The van der Waals surface area contributed by atoms with Gasteiger partial charge in [0, 0.05) is 19.2 Å². The van der Waals surface area contributed by atoms with Gasteiger partial charge in [-0.3, -0.25) is 4.68 Å². The number of rotatable bonds is 4. The average Bonchev–Trinajstić information content (AvgIpc) is 2.70. The first kappa shape index (κ1) is 10.9. The molecule has 0 radical (unpaired) electrons. The highest BCUT2D eigenvalue weighted by Crippen LogP contribution is 2.09. The number of aromatic nitrogens is 2. The Kier molecular flexibility index (Phi) is 3.40. The second kappa shape index (κ2) is 4.97. The Morgan fingerprint density at radius 3 is 2.56 bits per heavy atom. The van der Waals surface area contributed by atoms with Crippen molar-refractivity contribution in [2.24, 2.45) is 0 Å². The van der Waals surface area contributed by atoms with Crippen LogP contribution in [-0.4, -0.2) is 9.78 Å². The van der Waals surface area contributed by atoms with Crippen molar-refractivity contribution in [3.8, 4) is 0 Å². The van der Waals surface area contributed by atoms with Crippen LogP contribution >= 0.6 is 0 Å². The highest BCUT2D eigenvalue weighted by molar-refractivity contribution is 5.24. The quantitative estimate of drug-likeness (QED) is 0.764. The monoisotopic (exact) mass is 214 g/mol. The lowest BCUT2D eigenvalue weighted by Crippen LogP contribution is -1.98. The van der Waals surface area contributed by atoms with E-state index >= 15 is 0 Å². The molecule has 0 atom stereocenters. The highest BCUT2D eigenvalue weighted by Gasteiger charge is 2.00. The molecule has 0 aliphatic carbocycles. The van der Waals surface area contributed by atoms with Gasteiger partial charge in [-0.15, -0.1) is 0 Å². The molecular formula is C14H18N2. The van der Waals surface area contributed by atoms with E-state index in [1.165, 1.54) is 11.1 Å². The van der Waals surface area contributed by atoms with E-state index in [2.05, 4.69) is 55.5 Å². The van der Waals surface area contributed by atoms with Crippen molar-refractivity contribution in [3.63, 3.8) is 0 Å². The number of aryl methyl sites for hydroxylation is 2. The van der Waals surface area contributed by atoms with Gasteiger partial charge >= 0.3 is 0 Å². The van der Waals surface area contributed by atoms with Crippen molar-refractivity contribution in [1.29, 1.82) is 0 Å². The third-order valence-corrected chi connectivity index (χ3v) is 2.65. The molecule has 0 saturated carbocycles. The summed E-state index contributed by atoms with van der Waals surface area (Å²) in [5, 5.41) is 4.53. The second-order valence-corrected chi connectivity index (χ2v) is 4.23. The second-order valence-electron chi connectivity index (χ2n) is 4.23. The lowest BCUT2D eigenvalue weighted by molar-refractivity contribution is 0.596. The predicted molar refractivity (Wildman–Crippen MR) is 66.5 cm³/mol. The number of hydrogen-bond donors (Lipinski definition) is 0. The van der Waals surface area contributed by atoms with Crippen molar-refractivity contribution < 1.29 is 0 Å². The van der Waals surface area contributed by atoms with E-state index in [1.54, 1.807) is 0 Å². The van der Waals surface area contributed by atoms with Crippen LogP contribution in [0.1, 0.15) is 30.2 Å². The maximum absolute atomic E-state index is 4.53. The molecule has 1 aromatic carbocycles. The molecule has 0 amide bonds. The Hall–Kier alpha value is -1.57. The van der Waals surface area contributed by atoms with Gasteiger partial charge in [-0.2, -0.15) is 5.10 Å². The van der Waals surface area contributed by atoms with Crippen molar-refractivity contribution in [3.05, 3.63) is 53.3 Å². The smallest absolute Gasteiger partial charge is 0.0668 e. The molecule has 16 heavy (non-hydrogen) atoms. The Labute approximate surface area is 96.9 Å². The standard InChI is InChI=1S/C14H18N2/c1-3-9-16-10-8-14(15-16)11-13-6-4-12(2)5-7-13/h4-8,10H,3,9,11H2,1-2H3. The van der Waals surface area contributed by atoms with Crippen LogP contribution < -0.4 is 0 Å². The van der Waals surface area contributed by atoms with Crippen LogP contribution in [0.2, 0.25) is 0 Å². The van der Waals surface area contributed by atoms with Gasteiger partial charge in [-0.05, 0) is 25.0 Å². The molecule has 0 bridgehead atoms. The van der Waals surface area contributed by atoms with Gasteiger partial charge in [0.1, 0.15) is 0 Å². The summed E-state index contributed by atoms with van der Waals surface area (Å²) in [6.45, 7) is 5.29. The summed E-state index contributed by atoms with van der Waals surface area (Å²) < 4.78 is 2.02. The fraction of sp³-hybridized carbons (Fsp3) is 0.357. The molecular weight excluding hydrogens is 196 g/mol. The largest absolute Gasteiger partial charge is 0.272 e. The van der Waals surface area contributed by atoms with Gasteiger partial charge in [-0.25, -0.2) is 0 Å². The molecule has 0 aliphatic rings.